The first-order valence-corrected chi connectivity index (χ1v) is 11.5. The fraction of sp³-hybridized carbons (Fsp3) is 0.296. The van der Waals surface area contributed by atoms with Gasteiger partial charge in [-0.2, -0.15) is 0 Å². The number of carboxylic acids is 1. The molecule has 3 rings (SSSR count). The second-order valence-electron chi connectivity index (χ2n) is 7.75. The molecule has 0 aromatic heterocycles. The van der Waals surface area contributed by atoms with Gasteiger partial charge in [-0.15, -0.1) is 0 Å². The van der Waals surface area contributed by atoms with Gasteiger partial charge in [0.2, 0.25) is 0 Å². The number of nitrogens with one attached hydrogen (secondary N) is 1. The third-order valence-corrected chi connectivity index (χ3v) is 5.23. The molecule has 3 aromatic rings. The molecular weight excluding hydrogens is 450 g/mol. The number of carboxylic acid groups (broad SMARTS) is 1. The van der Waals surface area contributed by atoms with Gasteiger partial charge in [-0.25, -0.2) is 4.79 Å². The zero-order valence-corrected chi connectivity index (χ0v) is 19.6. The third kappa shape index (κ3) is 7.99. The Bertz CT molecular complexity index is 1090. The quantitative estimate of drug-likeness (QED) is 0.256. The maximum Gasteiger partial charge on any atom is 0.339 e. The molecule has 0 aliphatic carbocycles. The van der Waals surface area contributed by atoms with E-state index < -0.39 is 12.1 Å². The fourth-order valence-corrected chi connectivity index (χ4v) is 3.43. The Balaban J connectivity index is 1.50. The van der Waals surface area contributed by atoms with Crippen LogP contribution in [0.3, 0.4) is 0 Å². The molecule has 0 aliphatic rings. The summed E-state index contributed by atoms with van der Waals surface area (Å²) in [6.07, 6.45) is -0.720. The van der Waals surface area contributed by atoms with Gasteiger partial charge in [0, 0.05) is 19.7 Å². The van der Waals surface area contributed by atoms with Crippen LogP contribution in [-0.2, 0) is 4.74 Å². The van der Waals surface area contributed by atoms with Gasteiger partial charge < -0.3 is 34.8 Å². The van der Waals surface area contributed by atoms with Crippen molar-refractivity contribution in [1.82, 2.24) is 5.32 Å². The van der Waals surface area contributed by atoms with Crippen LogP contribution in [0.1, 0.15) is 28.9 Å². The summed E-state index contributed by atoms with van der Waals surface area (Å²) in [6.45, 7) is 4.40. The lowest BCUT2D eigenvalue weighted by Crippen LogP contribution is -2.26. The van der Waals surface area contributed by atoms with Crippen molar-refractivity contribution in [1.29, 1.82) is 0 Å². The van der Waals surface area contributed by atoms with Gasteiger partial charge in [-0.1, -0.05) is 30.3 Å². The molecule has 0 heterocycles. The number of benzene rings is 3. The summed E-state index contributed by atoms with van der Waals surface area (Å²) in [7, 11) is 0. The average molecular weight is 482 g/mol. The smallest absolute Gasteiger partial charge is 0.339 e. The lowest BCUT2D eigenvalue weighted by molar-refractivity contribution is 0.0687. The predicted molar refractivity (Wildman–Crippen MR) is 132 cm³/mol. The van der Waals surface area contributed by atoms with Crippen molar-refractivity contribution >= 4 is 5.97 Å². The Morgan fingerprint density at radius 3 is 2.43 bits per heavy atom. The number of aliphatic hydroxyl groups is 1. The summed E-state index contributed by atoms with van der Waals surface area (Å²) in [5, 5.41) is 32.2. The molecule has 1 atom stereocenters. The van der Waals surface area contributed by atoms with Crippen molar-refractivity contribution in [2.75, 3.05) is 39.5 Å². The number of aliphatic hydroxyl groups excluding tert-OH is 1. The van der Waals surface area contributed by atoms with Crippen LogP contribution in [0.2, 0.25) is 0 Å². The maximum atomic E-state index is 11.5. The van der Waals surface area contributed by atoms with E-state index in [2.05, 4.69) is 5.32 Å². The Morgan fingerprint density at radius 1 is 0.943 bits per heavy atom. The first kappa shape index (κ1) is 26.0. The van der Waals surface area contributed by atoms with Gasteiger partial charge >= 0.3 is 5.97 Å². The van der Waals surface area contributed by atoms with E-state index in [0.29, 0.717) is 50.0 Å². The van der Waals surface area contributed by atoms with Crippen LogP contribution in [0.5, 0.6) is 17.2 Å². The molecule has 4 N–H and O–H groups in total. The van der Waals surface area contributed by atoms with Gasteiger partial charge in [-0.05, 0) is 60.0 Å². The lowest BCUT2D eigenvalue weighted by atomic mass is 10.0. The van der Waals surface area contributed by atoms with Crippen LogP contribution in [0, 0.1) is 0 Å². The van der Waals surface area contributed by atoms with Crippen molar-refractivity contribution in [2.45, 2.75) is 13.0 Å². The normalized spacial score (nSPS) is 11.7. The summed E-state index contributed by atoms with van der Waals surface area (Å²) in [5.74, 6) is 0.0691. The second-order valence-corrected chi connectivity index (χ2v) is 7.75. The SMILES string of the molecule is CCOCCOc1cc(-c2ccc(OCCNC[C@H](O)c3cccc(O)c3)cc2)ccc1C(=O)O. The molecule has 8 nitrogen and oxygen atoms in total. The zero-order chi connectivity index (χ0) is 25.0. The number of rotatable bonds is 14. The molecule has 0 bridgehead atoms. The molecule has 8 heteroatoms. The molecule has 0 spiro atoms. The molecular formula is C27H31NO7. The van der Waals surface area contributed by atoms with Gasteiger partial charge in [0.05, 0.1) is 12.7 Å². The van der Waals surface area contributed by atoms with E-state index in [1.807, 2.05) is 31.2 Å². The number of phenols is 1. The first-order valence-electron chi connectivity index (χ1n) is 11.5. The van der Waals surface area contributed by atoms with Crippen molar-refractivity contribution in [3.8, 4) is 28.4 Å². The number of hydrogen-bond donors (Lipinski definition) is 4. The molecule has 0 unspecified atom stereocenters. The van der Waals surface area contributed by atoms with E-state index in [0.717, 1.165) is 11.1 Å². The van der Waals surface area contributed by atoms with Crippen LogP contribution in [0.15, 0.2) is 66.7 Å². The molecule has 0 saturated heterocycles. The Morgan fingerprint density at radius 2 is 1.71 bits per heavy atom. The summed E-state index contributed by atoms with van der Waals surface area (Å²) in [4.78, 5) is 11.5. The van der Waals surface area contributed by atoms with Crippen molar-refractivity contribution in [3.05, 3.63) is 77.9 Å². The van der Waals surface area contributed by atoms with E-state index in [1.54, 1.807) is 30.3 Å². The molecule has 3 aromatic carbocycles. The Hall–Kier alpha value is -3.59. The van der Waals surface area contributed by atoms with E-state index in [-0.39, 0.29) is 17.9 Å². The summed E-state index contributed by atoms with van der Waals surface area (Å²) in [5.41, 5.74) is 2.48. The van der Waals surface area contributed by atoms with Gasteiger partial charge in [-0.3, -0.25) is 0 Å². The minimum atomic E-state index is -1.05. The topological polar surface area (TPSA) is 117 Å². The van der Waals surface area contributed by atoms with E-state index in [9.17, 15) is 20.1 Å². The zero-order valence-electron chi connectivity index (χ0n) is 19.6. The molecule has 0 saturated carbocycles. The Kier molecular flexibility index (Phi) is 9.92. The lowest BCUT2D eigenvalue weighted by Gasteiger charge is -2.13. The molecule has 186 valence electrons. The van der Waals surface area contributed by atoms with Crippen molar-refractivity contribution in [3.63, 3.8) is 0 Å². The second kappa shape index (κ2) is 13.3. The minimum Gasteiger partial charge on any atom is -0.508 e. The number of ether oxygens (including phenoxy) is 3. The van der Waals surface area contributed by atoms with Gasteiger partial charge in [0.1, 0.15) is 36.0 Å². The highest BCUT2D eigenvalue weighted by atomic mass is 16.5. The van der Waals surface area contributed by atoms with Gasteiger partial charge in [0.25, 0.3) is 0 Å². The number of carbonyl (C=O) groups is 1. The number of aromatic carboxylic acids is 1. The third-order valence-electron chi connectivity index (χ3n) is 5.23. The van der Waals surface area contributed by atoms with E-state index >= 15 is 0 Å². The highest BCUT2D eigenvalue weighted by Crippen LogP contribution is 2.29. The number of phenolic OH excluding ortho intramolecular Hbond substituents is 1. The number of hydrogen-bond acceptors (Lipinski definition) is 7. The molecule has 0 fully saturated rings. The van der Waals surface area contributed by atoms with Crippen LogP contribution >= 0.6 is 0 Å². The van der Waals surface area contributed by atoms with Crippen LogP contribution in [0.25, 0.3) is 11.1 Å². The summed E-state index contributed by atoms with van der Waals surface area (Å²) >= 11 is 0. The highest BCUT2D eigenvalue weighted by molar-refractivity contribution is 5.92. The van der Waals surface area contributed by atoms with Crippen molar-refractivity contribution in [2.24, 2.45) is 0 Å². The fourth-order valence-electron chi connectivity index (χ4n) is 3.43. The monoisotopic (exact) mass is 481 g/mol. The molecule has 35 heavy (non-hydrogen) atoms. The number of aromatic hydroxyl groups is 1. The standard InChI is InChI=1S/C27H31NO7/c1-2-33-14-15-35-26-17-20(8-11-24(26)27(31)32)19-6-9-23(10-7-19)34-13-12-28-18-25(30)21-4-3-5-22(29)16-21/h3-11,16-17,25,28-30H,2,12-15,18H2,1H3,(H,31,32)/t25-/m0/s1. The van der Waals surface area contributed by atoms with Crippen LogP contribution in [0.4, 0.5) is 0 Å². The molecule has 0 aliphatic heterocycles. The summed E-state index contributed by atoms with van der Waals surface area (Å²) in [6, 6.07) is 19.0. The first-order chi connectivity index (χ1) is 17.0. The maximum absolute atomic E-state index is 11.5. The van der Waals surface area contributed by atoms with E-state index in [4.69, 9.17) is 14.2 Å². The summed E-state index contributed by atoms with van der Waals surface area (Å²) < 4.78 is 16.7. The minimum absolute atomic E-state index is 0.104. The van der Waals surface area contributed by atoms with Crippen LogP contribution in [-0.4, -0.2) is 60.8 Å². The van der Waals surface area contributed by atoms with Crippen molar-refractivity contribution < 1.29 is 34.3 Å². The van der Waals surface area contributed by atoms with Gasteiger partial charge in [0.15, 0.2) is 0 Å². The average Bonchev–Trinajstić information content (AvgIpc) is 2.86. The predicted octanol–water partition coefficient (Wildman–Crippen LogP) is 3.87. The highest BCUT2D eigenvalue weighted by Gasteiger charge is 2.13. The Labute approximate surface area is 204 Å². The van der Waals surface area contributed by atoms with Crippen LogP contribution < -0.4 is 14.8 Å². The van der Waals surface area contributed by atoms with E-state index in [1.165, 1.54) is 12.1 Å². The molecule has 0 radical (unpaired) electrons. The molecule has 0 amide bonds. The largest absolute Gasteiger partial charge is 0.508 e.